The minimum atomic E-state index is 0. The van der Waals surface area contributed by atoms with E-state index in [9.17, 15) is 4.79 Å². The molecule has 0 bridgehead atoms. The summed E-state index contributed by atoms with van der Waals surface area (Å²) >= 11 is 1.75. The lowest BCUT2D eigenvalue weighted by Crippen LogP contribution is -2.45. The Balaban J connectivity index is 0.00000144. The maximum absolute atomic E-state index is 12.2. The van der Waals surface area contributed by atoms with Crippen LogP contribution in [0.5, 0.6) is 0 Å². The molecule has 0 saturated carbocycles. The fourth-order valence-electron chi connectivity index (χ4n) is 3.13. The minimum Gasteiger partial charge on any atom is -0.326 e. The third-order valence-electron chi connectivity index (χ3n) is 4.52. The summed E-state index contributed by atoms with van der Waals surface area (Å²) in [5, 5.41) is 0.209. The molecule has 0 spiro atoms. The fraction of sp³-hybridized carbons (Fsp3) is 0.588. The average molecular weight is 392 g/mol. The van der Waals surface area contributed by atoms with E-state index in [-0.39, 0.29) is 36.1 Å². The van der Waals surface area contributed by atoms with Crippen molar-refractivity contribution in [1.82, 2.24) is 14.7 Å². The first-order valence-corrected chi connectivity index (χ1v) is 9.16. The van der Waals surface area contributed by atoms with Gasteiger partial charge in [-0.25, -0.2) is 0 Å². The molecule has 7 heteroatoms. The predicted molar refractivity (Wildman–Crippen MR) is 106 cm³/mol. The standard InChI is InChI=1S/C17H25N3OS.2ClH/c1-18-10-12-19(13-11-18)8-5-9-20-16(21)14-22-17(20)15-6-3-2-4-7-15;;/h2-4,6-7,17H,5,8-14H2,1H3;2*1H. The van der Waals surface area contributed by atoms with E-state index < -0.39 is 0 Å². The number of hydrogen-bond donors (Lipinski definition) is 0. The molecule has 3 rings (SSSR count). The molecule has 24 heavy (non-hydrogen) atoms. The zero-order chi connectivity index (χ0) is 15.4. The first kappa shape index (κ1) is 21.6. The summed E-state index contributed by atoms with van der Waals surface area (Å²) in [6.07, 6.45) is 1.07. The van der Waals surface area contributed by atoms with Gasteiger partial charge in [-0.15, -0.1) is 36.6 Å². The van der Waals surface area contributed by atoms with E-state index in [0.29, 0.717) is 5.75 Å². The Morgan fingerprint density at radius 3 is 2.38 bits per heavy atom. The Morgan fingerprint density at radius 2 is 1.71 bits per heavy atom. The van der Waals surface area contributed by atoms with Gasteiger partial charge in [-0.2, -0.15) is 0 Å². The van der Waals surface area contributed by atoms with Gasteiger partial charge < -0.3 is 14.7 Å². The summed E-state index contributed by atoms with van der Waals surface area (Å²) in [5.74, 6) is 0.908. The van der Waals surface area contributed by atoms with Gasteiger partial charge in [-0.1, -0.05) is 30.3 Å². The molecular formula is C17H27Cl2N3OS. The summed E-state index contributed by atoms with van der Waals surface area (Å²) in [5.41, 5.74) is 1.25. The van der Waals surface area contributed by atoms with Crippen LogP contribution < -0.4 is 0 Å². The summed E-state index contributed by atoms with van der Waals surface area (Å²) in [7, 11) is 2.18. The number of halogens is 2. The van der Waals surface area contributed by atoms with Crippen LogP contribution in [0.2, 0.25) is 0 Å². The van der Waals surface area contributed by atoms with Crippen LogP contribution in [0.25, 0.3) is 0 Å². The highest BCUT2D eigenvalue weighted by Crippen LogP contribution is 2.38. The Morgan fingerprint density at radius 1 is 1.04 bits per heavy atom. The van der Waals surface area contributed by atoms with Crippen LogP contribution in [0.3, 0.4) is 0 Å². The van der Waals surface area contributed by atoms with Crippen molar-refractivity contribution in [2.24, 2.45) is 0 Å². The average Bonchev–Trinajstić information content (AvgIpc) is 2.91. The number of hydrogen-bond acceptors (Lipinski definition) is 4. The number of benzene rings is 1. The molecule has 1 aromatic carbocycles. The molecule has 1 aromatic rings. The van der Waals surface area contributed by atoms with Gasteiger partial charge in [-0.3, -0.25) is 4.79 Å². The highest BCUT2D eigenvalue weighted by molar-refractivity contribution is 8.00. The summed E-state index contributed by atoms with van der Waals surface area (Å²) < 4.78 is 0. The van der Waals surface area contributed by atoms with Crippen molar-refractivity contribution in [1.29, 1.82) is 0 Å². The van der Waals surface area contributed by atoms with E-state index in [4.69, 9.17) is 0 Å². The molecule has 0 radical (unpaired) electrons. The van der Waals surface area contributed by atoms with Crippen LogP contribution in [-0.4, -0.2) is 72.7 Å². The summed E-state index contributed by atoms with van der Waals surface area (Å²) in [6, 6.07) is 10.4. The maximum atomic E-state index is 12.2. The molecule has 1 unspecified atom stereocenters. The van der Waals surface area contributed by atoms with Crippen molar-refractivity contribution in [2.75, 3.05) is 52.1 Å². The highest BCUT2D eigenvalue weighted by Gasteiger charge is 2.32. The molecular weight excluding hydrogens is 365 g/mol. The molecule has 2 aliphatic heterocycles. The first-order valence-electron chi connectivity index (χ1n) is 8.11. The molecule has 2 heterocycles. The van der Waals surface area contributed by atoms with Crippen LogP contribution >= 0.6 is 36.6 Å². The van der Waals surface area contributed by atoms with Crippen LogP contribution in [-0.2, 0) is 4.79 Å². The normalized spacial score (nSPS) is 22.1. The van der Waals surface area contributed by atoms with Crippen LogP contribution in [0.1, 0.15) is 17.4 Å². The summed E-state index contributed by atoms with van der Waals surface area (Å²) in [6.45, 7) is 6.60. The van der Waals surface area contributed by atoms with E-state index >= 15 is 0 Å². The van der Waals surface area contributed by atoms with Crippen LogP contribution in [0.15, 0.2) is 30.3 Å². The van der Waals surface area contributed by atoms with E-state index in [0.717, 1.165) is 45.7 Å². The highest BCUT2D eigenvalue weighted by atomic mass is 35.5. The van der Waals surface area contributed by atoms with Crippen molar-refractivity contribution in [3.63, 3.8) is 0 Å². The lowest BCUT2D eigenvalue weighted by atomic mass is 10.2. The van der Waals surface area contributed by atoms with Gasteiger partial charge in [-0.05, 0) is 25.6 Å². The monoisotopic (exact) mass is 391 g/mol. The zero-order valence-electron chi connectivity index (χ0n) is 14.1. The zero-order valence-corrected chi connectivity index (χ0v) is 16.5. The number of thioether (sulfide) groups is 1. The molecule has 4 nitrogen and oxygen atoms in total. The smallest absolute Gasteiger partial charge is 0.233 e. The number of nitrogens with zero attached hydrogens (tertiary/aromatic N) is 3. The van der Waals surface area contributed by atoms with Gasteiger partial charge >= 0.3 is 0 Å². The first-order chi connectivity index (χ1) is 10.7. The number of carbonyl (C=O) groups excluding carboxylic acids is 1. The van der Waals surface area contributed by atoms with E-state index in [2.05, 4.69) is 46.0 Å². The second-order valence-corrected chi connectivity index (χ2v) is 7.23. The molecule has 2 aliphatic rings. The summed E-state index contributed by atoms with van der Waals surface area (Å²) in [4.78, 5) is 19.1. The minimum absolute atomic E-state index is 0. The molecule has 1 amide bonds. The third-order valence-corrected chi connectivity index (χ3v) is 5.78. The third kappa shape index (κ3) is 5.53. The molecule has 136 valence electrons. The lowest BCUT2D eigenvalue weighted by molar-refractivity contribution is -0.128. The Kier molecular flexibility index (Phi) is 9.45. The van der Waals surface area contributed by atoms with Gasteiger partial charge in [0, 0.05) is 32.7 Å². The Bertz CT molecular complexity index is 498. The molecule has 2 fully saturated rings. The van der Waals surface area contributed by atoms with Gasteiger partial charge in [0.1, 0.15) is 5.37 Å². The Hall–Kier alpha value is -0.460. The molecule has 0 N–H and O–H groups in total. The number of piperazine rings is 1. The van der Waals surface area contributed by atoms with Crippen LogP contribution in [0.4, 0.5) is 0 Å². The topological polar surface area (TPSA) is 26.8 Å². The van der Waals surface area contributed by atoms with E-state index in [1.54, 1.807) is 11.8 Å². The number of likely N-dealkylation sites (N-methyl/N-ethyl adjacent to an activating group) is 1. The maximum Gasteiger partial charge on any atom is 0.233 e. The molecule has 0 aliphatic carbocycles. The van der Waals surface area contributed by atoms with Crippen molar-refractivity contribution >= 4 is 42.5 Å². The fourth-order valence-corrected chi connectivity index (χ4v) is 4.34. The van der Waals surface area contributed by atoms with Gasteiger partial charge in [0.15, 0.2) is 0 Å². The quantitative estimate of drug-likeness (QED) is 0.770. The second kappa shape index (κ2) is 10.5. The SMILES string of the molecule is CN1CCN(CCCN2C(=O)CSC2c2ccccc2)CC1.Cl.Cl. The molecule has 2 saturated heterocycles. The van der Waals surface area contributed by atoms with Gasteiger partial charge in [0.25, 0.3) is 0 Å². The van der Waals surface area contributed by atoms with Gasteiger partial charge in [0.2, 0.25) is 5.91 Å². The van der Waals surface area contributed by atoms with Crippen molar-refractivity contribution in [3.8, 4) is 0 Å². The van der Waals surface area contributed by atoms with Crippen molar-refractivity contribution in [2.45, 2.75) is 11.8 Å². The van der Waals surface area contributed by atoms with Crippen LogP contribution in [0, 0.1) is 0 Å². The number of amides is 1. The Labute approximate surface area is 161 Å². The van der Waals surface area contributed by atoms with E-state index in [1.807, 2.05) is 6.07 Å². The molecule has 0 aromatic heterocycles. The van der Waals surface area contributed by atoms with Crippen molar-refractivity contribution in [3.05, 3.63) is 35.9 Å². The number of rotatable bonds is 5. The number of carbonyl (C=O) groups is 1. The predicted octanol–water partition coefficient (Wildman–Crippen LogP) is 2.74. The van der Waals surface area contributed by atoms with Gasteiger partial charge in [0.05, 0.1) is 5.75 Å². The lowest BCUT2D eigenvalue weighted by Gasteiger charge is -2.33. The molecule has 1 atom stereocenters. The second-order valence-electron chi connectivity index (χ2n) is 6.16. The largest absolute Gasteiger partial charge is 0.326 e. The van der Waals surface area contributed by atoms with E-state index in [1.165, 1.54) is 5.56 Å². The van der Waals surface area contributed by atoms with Crippen molar-refractivity contribution < 1.29 is 4.79 Å².